The lowest BCUT2D eigenvalue weighted by molar-refractivity contribution is 0.0993. The highest BCUT2D eigenvalue weighted by Gasteiger charge is 2.20. The Morgan fingerprint density at radius 3 is 2.67 bits per heavy atom. The molecule has 0 bridgehead atoms. The van der Waals surface area contributed by atoms with E-state index in [-0.39, 0.29) is 16.8 Å². The number of ketones is 1. The van der Waals surface area contributed by atoms with Crippen LogP contribution in [0.1, 0.15) is 17.3 Å². The van der Waals surface area contributed by atoms with Gasteiger partial charge in [0.25, 0.3) is 5.22 Å². The van der Waals surface area contributed by atoms with E-state index in [2.05, 4.69) is 10.2 Å². The molecule has 0 radical (unpaired) electrons. The van der Waals surface area contributed by atoms with Gasteiger partial charge in [-0.05, 0) is 49.4 Å². The molecule has 1 aromatic heterocycles. The van der Waals surface area contributed by atoms with Crippen molar-refractivity contribution in [1.29, 1.82) is 0 Å². The van der Waals surface area contributed by atoms with E-state index in [9.17, 15) is 9.18 Å². The molecule has 4 nitrogen and oxygen atoms in total. The normalized spacial score (nSPS) is 12.1. The molecule has 1 heterocycles. The zero-order valence-corrected chi connectivity index (χ0v) is 14.1. The fourth-order valence-electron chi connectivity index (χ4n) is 2.05. The highest BCUT2D eigenvalue weighted by Crippen LogP contribution is 2.28. The molecule has 24 heavy (non-hydrogen) atoms. The molecule has 0 saturated carbocycles. The Labute approximate surface area is 147 Å². The number of hydrogen-bond donors (Lipinski definition) is 0. The Hall–Kier alpha value is -2.18. The number of carbonyl (C=O) groups excluding carboxylic acids is 1. The van der Waals surface area contributed by atoms with Crippen LogP contribution in [0.4, 0.5) is 4.39 Å². The summed E-state index contributed by atoms with van der Waals surface area (Å²) >= 11 is 7.09. The number of carbonyl (C=O) groups is 1. The van der Waals surface area contributed by atoms with Gasteiger partial charge in [0.1, 0.15) is 5.82 Å². The van der Waals surface area contributed by atoms with Gasteiger partial charge in [-0.2, -0.15) is 0 Å². The maximum Gasteiger partial charge on any atom is 0.277 e. The Morgan fingerprint density at radius 1 is 1.21 bits per heavy atom. The van der Waals surface area contributed by atoms with E-state index in [1.54, 1.807) is 31.2 Å². The van der Waals surface area contributed by atoms with Gasteiger partial charge in [0, 0.05) is 16.1 Å². The Kier molecular flexibility index (Phi) is 4.97. The zero-order chi connectivity index (χ0) is 17.1. The largest absolute Gasteiger partial charge is 0.411 e. The first-order valence-electron chi connectivity index (χ1n) is 7.09. The van der Waals surface area contributed by atoms with Gasteiger partial charge in [0.15, 0.2) is 5.78 Å². The summed E-state index contributed by atoms with van der Waals surface area (Å²) in [6.07, 6.45) is 0. The van der Waals surface area contributed by atoms with E-state index in [1.807, 2.05) is 0 Å². The van der Waals surface area contributed by atoms with Crippen molar-refractivity contribution in [3.63, 3.8) is 0 Å². The van der Waals surface area contributed by atoms with Gasteiger partial charge in [-0.25, -0.2) is 4.39 Å². The van der Waals surface area contributed by atoms with Crippen molar-refractivity contribution in [2.24, 2.45) is 0 Å². The van der Waals surface area contributed by atoms with E-state index in [4.69, 9.17) is 16.0 Å². The molecule has 3 aromatic rings. The molecular weight excluding hydrogens is 351 g/mol. The number of thioether (sulfide) groups is 1. The fraction of sp³-hybridized carbons (Fsp3) is 0.118. The van der Waals surface area contributed by atoms with E-state index >= 15 is 0 Å². The van der Waals surface area contributed by atoms with Gasteiger partial charge in [0.05, 0.1) is 5.25 Å². The van der Waals surface area contributed by atoms with Gasteiger partial charge < -0.3 is 4.42 Å². The lowest BCUT2D eigenvalue weighted by atomic mass is 10.1. The maximum atomic E-state index is 12.9. The minimum Gasteiger partial charge on any atom is -0.411 e. The summed E-state index contributed by atoms with van der Waals surface area (Å²) in [5.74, 6) is -0.182. The zero-order valence-electron chi connectivity index (χ0n) is 12.6. The molecule has 3 rings (SSSR count). The summed E-state index contributed by atoms with van der Waals surface area (Å²) in [5, 5.41) is 8.32. The molecule has 0 spiro atoms. The van der Waals surface area contributed by atoms with Crippen LogP contribution in [0.5, 0.6) is 0 Å². The summed E-state index contributed by atoms with van der Waals surface area (Å²) in [4.78, 5) is 12.3. The smallest absolute Gasteiger partial charge is 0.277 e. The predicted molar refractivity (Wildman–Crippen MR) is 90.8 cm³/mol. The quantitative estimate of drug-likeness (QED) is 0.477. The molecule has 0 N–H and O–H groups in total. The molecule has 122 valence electrons. The van der Waals surface area contributed by atoms with Crippen molar-refractivity contribution in [3.05, 3.63) is 64.9 Å². The minimum atomic E-state index is -0.442. The highest BCUT2D eigenvalue weighted by molar-refractivity contribution is 8.00. The lowest BCUT2D eigenvalue weighted by Crippen LogP contribution is -2.13. The Morgan fingerprint density at radius 2 is 1.96 bits per heavy atom. The fourth-order valence-corrected chi connectivity index (χ4v) is 3.00. The first-order chi connectivity index (χ1) is 11.5. The number of aromatic nitrogens is 2. The summed E-state index contributed by atoms with van der Waals surface area (Å²) in [5.41, 5.74) is 1.14. The number of nitrogens with zero attached hydrogens (tertiary/aromatic N) is 2. The van der Waals surface area contributed by atoms with E-state index in [0.29, 0.717) is 22.0 Å². The number of Topliss-reactive ketones (excluding diaryl/α,β-unsaturated/α-hetero) is 1. The van der Waals surface area contributed by atoms with Gasteiger partial charge in [-0.15, -0.1) is 10.2 Å². The van der Waals surface area contributed by atoms with Crippen molar-refractivity contribution in [1.82, 2.24) is 10.2 Å². The second-order valence-electron chi connectivity index (χ2n) is 5.01. The second kappa shape index (κ2) is 7.15. The van der Waals surface area contributed by atoms with Crippen molar-refractivity contribution in [2.75, 3.05) is 0 Å². The van der Waals surface area contributed by atoms with E-state index < -0.39 is 5.25 Å². The van der Waals surface area contributed by atoms with Crippen LogP contribution < -0.4 is 0 Å². The average molecular weight is 363 g/mol. The Balaban J connectivity index is 1.72. The molecule has 0 aliphatic carbocycles. The van der Waals surface area contributed by atoms with Crippen LogP contribution in [0, 0.1) is 5.82 Å². The summed E-state index contributed by atoms with van der Waals surface area (Å²) < 4.78 is 18.5. The van der Waals surface area contributed by atoms with Gasteiger partial charge in [0.2, 0.25) is 5.89 Å². The third kappa shape index (κ3) is 3.83. The Bertz CT molecular complexity index is 867. The molecule has 1 unspecified atom stereocenters. The van der Waals surface area contributed by atoms with Crippen molar-refractivity contribution < 1.29 is 13.6 Å². The molecule has 0 amide bonds. The first kappa shape index (κ1) is 16.7. The van der Waals surface area contributed by atoms with Crippen LogP contribution in [0.2, 0.25) is 5.02 Å². The van der Waals surface area contributed by atoms with Crippen LogP contribution in [-0.4, -0.2) is 21.2 Å². The lowest BCUT2D eigenvalue weighted by Gasteiger charge is -2.07. The minimum absolute atomic E-state index is 0.137. The predicted octanol–water partition coefficient (Wildman–Crippen LogP) is 4.89. The first-order valence-corrected chi connectivity index (χ1v) is 8.34. The number of rotatable bonds is 5. The number of halogens is 2. The molecule has 0 aliphatic rings. The van der Waals surface area contributed by atoms with Gasteiger partial charge in [-0.1, -0.05) is 29.4 Å². The van der Waals surface area contributed by atoms with Crippen LogP contribution in [0.3, 0.4) is 0 Å². The standard InChI is InChI=1S/C17H12ClFN2O2S/c1-10(15(22)11-5-7-14(19)8-6-11)24-17-21-20-16(23-17)12-3-2-4-13(18)9-12/h2-10H,1H3. The van der Waals surface area contributed by atoms with Crippen LogP contribution in [0.25, 0.3) is 11.5 Å². The van der Waals surface area contributed by atoms with Crippen molar-refractivity contribution in [3.8, 4) is 11.5 Å². The molecule has 0 aliphatic heterocycles. The number of benzene rings is 2. The van der Waals surface area contributed by atoms with Gasteiger partial charge in [-0.3, -0.25) is 4.79 Å². The van der Waals surface area contributed by atoms with Crippen LogP contribution in [0.15, 0.2) is 58.2 Å². The second-order valence-corrected chi connectivity index (χ2v) is 6.74. The van der Waals surface area contributed by atoms with Gasteiger partial charge >= 0.3 is 0 Å². The monoisotopic (exact) mass is 362 g/mol. The van der Waals surface area contributed by atoms with Crippen LogP contribution in [-0.2, 0) is 0 Å². The van der Waals surface area contributed by atoms with E-state index in [1.165, 1.54) is 24.3 Å². The van der Waals surface area contributed by atoms with Crippen molar-refractivity contribution >= 4 is 29.1 Å². The maximum absolute atomic E-state index is 12.9. The molecule has 2 aromatic carbocycles. The third-order valence-electron chi connectivity index (χ3n) is 3.25. The topological polar surface area (TPSA) is 56.0 Å². The summed E-state index contributed by atoms with van der Waals surface area (Å²) in [6.45, 7) is 1.74. The highest BCUT2D eigenvalue weighted by atomic mass is 35.5. The van der Waals surface area contributed by atoms with Crippen molar-refractivity contribution in [2.45, 2.75) is 17.4 Å². The van der Waals surface area contributed by atoms with E-state index in [0.717, 1.165) is 11.8 Å². The SMILES string of the molecule is CC(Sc1nnc(-c2cccc(Cl)c2)o1)C(=O)c1ccc(F)cc1. The summed E-state index contributed by atoms with van der Waals surface area (Å²) in [6, 6.07) is 12.5. The third-order valence-corrected chi connectivity index (χ3v) is 4.42. The summed E-state index contributed by atoms with van der Waals surface area (Å²) in [7, 11) is 0. The molecule has 0 saturated heterocycles. The molecule has 1 atom stereocenters. The average Bonchev–Trinajstić information content (AvgIpc) is 3.03. The number of hydrogen-bond acceptors (Lipinski definition) is 5. The molecular formula is C17H12ClFN2O2S. The molecule has 7 heteroatoms. The van der Waals surface area contributed by atoms with Crippen LogP contribution >= 0.6 is 23.4 Å². The molecule has 0 fully saturated rings.